The first kappa shape index (κ1) is 10.8. The molecule has 0 bridgehead atoms. The molecule has 0 spiro atoms. The molecule has 0 unspecified atom stereocenters. The molecule has 2 heterocycles. The van der Waals surface area contributed by atoms with E-state index < -0.39 is 0 Å². The molecule has 0 saturated heterocycles. The summed E-state index contributed by atoms with van der Waals surface area (Å²) in [5.74, 6) is 0. The fourth-order valence-electron chi connectivity index (χ4n) is 1.97. The summed E-state index contributed by atoms with van der Waals surface area (Å²) in [7, 11) is 1.95. The van der Waals surface area contributed by atoms with E-state index in [-0.39, 0.29) is 0 Å². The van der Waals surface area contributed by atoms with E-state index in [1.165, 1.54) is 11.3 Å². The number of benzene rings is 1. The molecule has 5 heteroatoms. The Balaban J connectivity index is 1.78. The van der Waals surface area contributed by atoms with Gasteiger partial charge in [0.15, 0.2) is 0 Å². The maximum atomic E-state index is 4.23. The maximum absolute atomic E-state index is 4.23. The van der Waals surface area contributed by atoms with E-state index in [1.807, 2.05) is 36.3 Å². The second-order valence-electron chi connectivity index (χ2n) is 4.40. The van der Waals surface area contributed by atoms with Gasteiger partial charge in [0.2, 0.25) is 0 Å². The third kappa shape index (κ3) is 1.84. The van der Waals surface area contributed by atoms with Gasteiger partial charge in [0.1, 0.15) is 0 Å². The van der Waals surface area contributed by atoms with Crippen molar-refractivity contribution in [1.29, 1.82) is 0 Å². The van der Waals surface area contributed by atoms with Gasteiger partial charge in [-0.2, -0.15) is 10.2 Å². The molecule has 0 aliphatic rings. The minimum Gasteiger partial charge on any atom is -0.381 e. The predicted octanol–water partition coefficient (Wildman–Crippen LogP) is 2.22. The number of nitrogens with zero attached hydrogens (tertiary/aromatic N) is 3. The van der Waals surface area contributed by atoms with Gasteiger partial charge in [-0.1, -0.05) is 0 Å². The summed E-state index contributed by atoms with van der Waals surface area (Å²) >= 11 is 0. The summed E-state index contributed by atoms with van der Waals surface area (Å²) in [6.07, 6.45) is 3.73. The standard InChI is InChI=1S/C13H15N5/c1-9-11(8-16-18(9)2)6-14-12-3-4-13-10(5-12)7-15-17-13/h3-5,7-8,14H,6H2,1-2H3,(H,15,17). The lowest BCUT2D eigenvalue weighted by atomic mass is 10.2. The van der Waals surface area contributed by atoms with Crippen LogP contribution in [0.15, 0.2) is 30.6 Å². The second kappa shape index (κ2) is 4.18. The fraction of sp³-hybridized carbons (Fsp3) is 0.231. The fourth-order valence-corrected chi connectivity index (χ4v) is 1.97. The number of aromatic nitrogens is 4. The van der Waals surface area contributed by atoms with Crippen molar-refractivity contribution in [1.82, 2.24) is 20.0 Å². The van der Waals surface area contributed by atoms with E-state index in [0.29, 0.717) is 0 Å². The number of hydrogen-bond donors (Lipinski definition) is 2. The van der Waals surface area contributed by atoms with Crippen LogP contribution in [0.25, 0.3) is 10.9 Å². The van der Waals surface area contributed by atoms with Crippen LogP contribution in [0.5, 0.6) is 0 Å². The molecular formula is C13H15N5. The first-order valence-electron chi connectivity index (χ1n) is 5.88. The zero-order valence-corrected chi connectivity index (χ0v) is 10.4. The van der Waals surface area contributed by atoms with Gasteiger partial charge in [-0.25, -0.2) is 0 Å². The van der Waals surface area contributed by atoms with Crippen LogP contribution < -0.4 is 5.32 Å². The lowest BCUT2D eigenvalue weighted by molar-refractivity contribution is 0.738. The van der Waals surface area contributed by atoms with Crippen LogP contribution in [-0.2, 0) is 13.6 Å². The van der Waals surface area contributed by atoms with Crippen molar-refractivity contribution in [3.05, 3.63) is 41.9 Å². The summed E-state index contributed by atoms with van der Waals surface area (Å²) in [6, 6.07) is 6.16. The average Bonchev–Trinajstić information content (AvgIpc) is 2.96. The van der Waals surface area contributed by atoms with E-state index in [1.54, 1.807) is 0 Å². The van der Waals surface area contributed by atoms with Crippen LogP contribution in [-0.4, -0.2) is 20.0 Å². The van der Waals surface area contributed by atoms with Gasteiger partial charge in [-0.05, 0) is 25.1 Å². The molecular weight excluding hydrogens is 226 g/mol. The molecule has 5 nitrogen and oxygen atoms in total. The number of anilines is 1. The Morgan fingerprint density at radius 2 is 2.22 bits per heavy atom. The van der Waals surface area contributed by atoms with Crippen molar-refractivity contribution < 1.29 is 0 Å². The van der Waals surface area contributed by atoms with Crippen LogP contribution >= 0.6 is 0 Å². The molecule has 0 atom stereocenters. The maximum Gasteiger partial charge on any atom is 0.0651 e. The Hall–Kier alpha value is -2.30. The number of aryl methyl sites for hydroxylation is 1. The largest absolute Gasteiger partial charge is 0.381 e. The number of rotatable bonds is 3. The summed E-state index contributed by atoms with van der Waals surface area (Å²) in [6.45, 7) is 2.85. The monoisotopic (exact) mass is 241 g/mol. The van der Waals surface area contributed by atoms with Crippen LogP contribution in [0.3, 0.4) is 0 Å². The third-order valence-electron chi connectivity index (χ3n) is 3.26. The van der Waals surface area contributed by atoms with Gasteiger partial charge in [0.05, 0.1) is 17.9 Å². The van der Waals surface area contributed by atoms with Crippen molar-refractivity contribution in [3.8, 4) is 0 Å². The SMILES string of the molecule is Cc1c(CNc2ccc3[nH]ncc3c2)cnn1C. The van der Waals surface area contributed by atoms with E-state index in [4.69, 9.17) is 0 Å². The van der Waals surface area contributed by atoms with Gasteiger partial charge in [0.25, 0.3) is 0 Å². The highest BCUT2D eigenvalue weighted by Gasteiger charge is 2.03. The predicted molar refractivity (Wildman–Crippen MR) is 71.4 cm³/mol. The highest BCUT2D eigenvalue weighted by molar-refractivity contribution is 5.81. The van der Waals surface area contributed by atoms with E-state index in [9.17, 15) is 0 Å². The smallest absolute Gasteiger partial charge is 0.0651 e. The summed E-state index contributed by atoms with van der Waals surface area (Å²) < 4.78 is 1.89. The number of fused-ring (bicyclic) bond motifs is 1. The lowest BCUT2D eigenvalue weighted by Gasteiger charge is -2.06. The van der Waals surface area contributed by atoms with Crippen molar-refractivity contribution in [2.24, 2.45) is 7.05 Å². The van der Waals surface area contributed by atoms with Gasteiger partial charge >= 0.3 is 0 Å². The number of aromatic amines is 1. The quantitative estimate of drug-likeness (QED) is 0.739. The van der Waals surface area contributed by atoms with Crippen LogP contribution in [0.2, 0.25) is 0 Å². The Labute approximate surface area is 105 Å². The van der Waals surface area contributed by atoms with Crippen molar-refractivity contribution >= 4 is 16.6 Å². The number of hydrogen-bond acceptors (Lipinski definition) is 3. The molecule has 0 aliphatic heterocycles. The lowest BCUT2D eigenvalue weighted by Crippen LogP contribution is -2.01. The topological polar surface area (TPSA) is 58.5 Å². The summed E-state index contributed by atoms with van der Waals surface area (Å²) in [4.78, 5) is 0. The molecule has 18 heavy (non-hydrogen) atoms. The summed E-state index contributed by atoms with van der Waals surface area (Å²) in [5, 5.41) is 15.7. The minimum atomic E-state index is 0.781. The van der Waals surface area contributed by atoms with E-state index >= 15 is 0 Å². The minimum absolute atomic E-state index is 0.781. The molecule has 0 radical (unpaired) electrons. The van der Waals surface area contributed by atoms with Crippen molar-refractivity contribution in [2.75, 3.05) is 5.32 Å². The third-order valence-corrected chi connectivity index (χ3v) is 3.26. The molecule has 0 aliphatic carbocycles. The van der Waals surface area contributed by atoms with Gasteiger partial charge in [-0.15, -0.1) is 0 Å². The number of H-pyrrole nitrogens is 1. The molecule has 3 rings (SSSR count). The second-order valence-corrected chi connectivity index (χ2v) is 4.40. The molecule has 0 amide bonds. The Morgan fingerprint density at radius 1 is 1.33 bits per heavy atom. The Morgan fingerprint density at radius 3 is 3.00 bits per heavy atom. The van der Waals surface area contributed by atoms with Gasteiger partial charge < -0.3 is 5.32 Å². The Kier molecular flexibility index (Phi) is 2.51. The molecule has 2 N–H and O–H groups in total. The van der Waals surface area contributed by atoms with Crippen molar-refractivity contribution in [2.45, 2.75) is 13.5 Å². The highest BCUT2D eigenvalue weighted by Crippen LogP contribution is 2.17. The molecule has 1 aromatic carbocycles. The zero-order valence-electron chi connectivity index (χ0n) is 10.4. The molecule has 0 saturated carbocycles. The van der Waals surface area contributed by atoms with Crippen LogP contribution in [0.1, 0.15) is 11.3 Å². The average molecular weight is 241 g/mol. The normalized spacial score (nSPS) is 11.0. The molecule has 92 valence electrons. The zero-order chi connectivity index (χ0) is 12.5. The highest BCUT2D eigenvalue weighted by atomic mass is 15.3. The Bertz CT molecular complexity index is 680. The van der Waals surface area contributed by atoms with Crippen LogP contribution in [0.4, 0.5) is 5.69 Å². The number of nitrogens with one attached hydrogen (secondary N) is 2. The molecule has 2 aromatic heterocycles. The first-order chi connectivity index (χ1) is 8.74. The van der Waals surface area contributed by atoms with Gasteiger partial charge in [-0.3, -0.25) is 9.78 Å². The van der Waals surface area contributed by atoms with Crippen LogP contribution in [0, 0.1) is 6.92 Å². The van der Waals surface area contributed by atoms with Crippen molar-refractivity contribution in [3.63, 3.8) is 0 Å². The first-order valence-corrected chi connectivity index (χ1v) is 5.88. The van der Waals surface area contributed by atoms with E-state index in [2.05, 4.69) is 33.6 Å². The molecule has 0 fully saturated rings. The molecule has 3 aromatic rings. The van der Waals surface area contributed by atoms with E-state index in [0.717, 1.165) is 23.1 Å². The van der Waals surface area contributed by atoms with Gasteiger partial charge in [0, 0.05) is 35.9 Å². The summed E-state index contributed by atoms with van der Waals surface area (Å²) in [5.41, 5.74) is 4.54.